The molecule has 0 aliphatic carbocycles. The van der Waals surface area contributed by atoms with Crippen molar-refractivity contribution in [3.05, 3.63) is 53.6 Å². The van der Waals surface area contributed by atoms with Crippen molar-refractivity contribution in [2.24, 2.45) is 0 Å². The number of benzene rings is 2. The molecule has 0 aliphatic rings. The number of hydrogen-bond acceptors (Lipinski definition) is 3. The lowest BCUT2D eigenvalue weighted by Crippen LogP contribution is -1.96. The van der Waals surface area contributed by atoms with Crippen LogP contribution in [0.5, 0.6) is 0 Å². The van der Waals surface area contributed by atoms with E-state index in [-0.39, 0.29) is 0 Å². The molecular weight excluding hydrogens is 210 g/mol. The lowest BCUT2D eigenvalue weighted by atomic mass is 10.1. The van der Waals surface area contributed by atoms with Crippen LogP contribution in [-0.4, -0.2) is 0 Å². The highest BCUT2D eigenvalue weighted by Gasteiger charge is 2.02. The number of nitrogens with one attached hydrogen (secondary N) is 1. The molecule has 17 heavy (non-hydrogen) atoms. The Balaban J connectivity index is 2.32. The van der Waals surface area contributed by atoms with E-state index in [1.165, 1.54) is 0 Å². The van der Waals surface area contributed by atoms with Crippen LogP contribution in [0.4, 0.5) is 17.1 Å². The standard InChI is InChI=1S/C14H13N3/c1-10-6-7-12(8-13(10)16)17-14-5-3-2-4-11(14)9-15/h2-8,17H,16H2,1H3. The molecule has 0 aromatic heterocycles. The topological polar surface area (TPSA) is 61.8 Å². The predicted molar refractivity (Wildman–Crippen MR) is 70.0 cm³/mol. The smallest absolute Gasteiger partial charge is 0.101 e. The van der Waals surface area contributed by atoms with Crippen LogP contribution >= 0.6 is 0 Å². The fourth-order valence-electron chi connectivity index (χ4n) is 1.56. The number of para-hydroxylation sites is 1. The van der Waals surface area contributed by atoms with Gasteiger partial charge in [0.25, 0.3) is 0 Å². The van der Waals surface area contributed by atoms with E-state index in [0.29, 0.717) is 5.56 Å². The highest BCUT2D eigenvalue weighted by atomic mass is 14.9. The maximum absolute atomic E-state index is 8.98. The summed E-state index contributed by atoms with van der Waals surface area (Å²) in [4.78, 5) is 0. The zero-order chi connectivity index (χ0) is 12.3. The van der Waals surface area contributed by atoms with Gasteiger partial charge in [-0.3, -0.25) is 0 Å². The van der Waals surface area contributed by atoms with E-state index in [1.54, 1.807) is 6.07 Å². The van der Waals surface area contributed by atoms with Gasteiger partial charge in [0, 0.05) is 11.4 Å². The molecule has 0 amide bonds. The summed E-state index contributed by atoms with van der Waals surface area (Å²) in [5.41, 5.74) is 9.92. The molecule has 0 radical (unpaired) electrons. The second-order valence-corrected chi connectivity index (χ2v) is 3.85. The van der Waals surface area contributed by atoms with Gasteiger partial charge in [-0.25, -0.2) is 0 Å². The van der Waals surface area contributed by atoms with Crippen molar-refractivity contribution in [1.82, 2.24) is 0 Å². The highest BCUT2D eigenvalue weighted by Crippen LogP contribution is 2.23. The number of nitriles is 1. The maximum atomic E-state index is 8.98. The van der Waals surface area contributed by atoms with Gasteiger partial charge in [-0.2, -0.15) is 5.26 Å². The van der Waals surface area contributed by atoms with Gasteiger partial charge in [-0.05, 0) is 36.8 Å². The first kappa shape index (κ1) is 11.0. The van der Waals surface area contributed by atoms with Crippen molar-refractivity contribution < 1.29 is 0 Å². The average molecular weight is 223 g/mol. The van der Waals surface area contributed by atoms with Crippen LogP contribution in [0.3, 0.4) is 0 Å². The number of aryl methyl sites for hydroxylation is 1. The molecule has 0 bridgehead atoms. The molecule has 2 rings (SSSR count). The lowest BCUT2D eigenvalue weighted by Gasteiger charge is -2.09. The minimum atomic E-state index is 0.617. The molecule has 3 N–H and O–H groups in total. The minimum absolute atomic E-state index is 0.617. The quantitative estimate of drug-likeness (QED) is 0.768. The third kappa shape index (κ3) is 2.37. The molecule has 0 aliphatic heterocycles. The fraction of sp³-hybridized carbons (Fsp3) is 0.0714. The average Bonchev–Trinajstić information content (AvgIpc) is 2.34. The Morgan fingerprint density at radius 3 is 2.65 bits per heavy atom. The molecule has 2 aromatic carbocycles. The van der Waals surface area contributed by atoms with Gasteiger partial charge in [-0.1, -0.05) is 18.2 Å². The Hall–Kier alpha value is -2.47. The highest BCUT2D eigenvalue weighted by molar-refractivity contribution is 5.69. The summed E-state index contributed by atoms with van der Waals surface area (Å²) in [6.45, 7) is 1.96. The maximum Gasteiger partial charge on any atom is 0.101 e. The molecule has 0 atom stereocenters. The zero-order valence-corrected chi connectivity index (χ0v) is 9.57. The van der Waals surface area contributed by atoms with Crippen molar-refractivity contribution in [2.45, 2.75) is 6.92 Å². The molecule has 0 unspecified atom stereocenters. The molecule has 0 saturated carbocycles. The van der Waals surface area contributed by atoms with E-state index in [9.17, 15) is 0 Å². The molecule has 2 aromatic rings. The van der Waals surface area contributed by atoms with Crippen molar-refractivity contribution in [3.8, 4) is 6.07 Å². The first-order valence-electron chi connectivity index (χ1n) is 5.33. The number of anilines is 3. The molecule has 3 nitrogen and oxygen atoms in total. The van der Waals surface area contributed by atoms with Gasteiger partial charge in [-0.15, -0.1) is 0 Å². The van der Waals surface area contributed by atoms with Crippen LogP contribution < -0.4 is 11.1 Å². The normalized spacial score (nSPS) is 9.65. The van der Waals surface area contributed by atoms with Gasteiger partial charge >= 0.3 is 0 Å². The summed E-state index contributed by atoms with van der Waals surface area (Å²) in [6, 6.07) is 15.3. The van der Waals surface area contributed by atoms with E-state index in [4.69, 9.17) is 11.0 Å². The number of nitrogens with zero attached hydrogens (tertiary/aromatic N) is 1. The summed E-state index contributed by atoms with van der Waals surface area (Å²) in [5, 5.41) is 12.2. The van der Waals surface area contributed by atoms with Gasteiger partial charge in [0.1, 0.15) is 6.07 Å². The van der Waals surface area contributed by atoms with Crippen LogP contribution in [0.1, 0.15) is 11.1 Å². The number of nitrogens with two attached hydrogens (primary N) is 1. The predicted octanol–water partition coefficient (Wildman–Crippen LogP) is 3.19. The molecule has 0 heterocycles. The summed E-state index contributed by atoms with van der Waals surface area (Å²) in [5.74, 6) is 0. The van der Waals surface area contributed by atoms with Gasteiger partial charge < -0.3 is 11.1 Å². The van der Waals surface area contributed by atoms with Crippen LogP contribution in [0.15, 0.2) is 42.5 Å². The Labute approximate surface area is 101 Å². The van der Waals surface area contributed by atoms with E-state index in [2.05, 4.69) is 11.4 Å². The van der Waals surface area contributed by atoms with E-state index in [1.807, 2.05) is 43.3 Å². The summed E-state index contributed by atoms with van der Waals surface area (Å²) in [7, 11) is 0. The minimum Gasteiger partial charge on any atom is -0.398 e. The number of nitrogen functional groups attached to an aromatic ring is 1. The number of hydrogen-bond donors (Lipinski definition) is 2. The van der Waals surface area contributed by atoms with Gasteiger partial charge in [0.05, 0.1) is 11.3 Å². The first-order valence-corrected chi connectivity index (χ1v) is 5.33. The second-order valence-electron chi connectivity index (χ2n) is 3.85. The zero-order valence-electron chi connectivity index (χ0n) is 9.57. The second kappa shape index (κ2) is 4.58. The number of rotatable bonds is 2. The fourth-order valence-corrected chi connectivity index (χ4v) is 1.56. The largest absolute Gasteiger partial charge is 0.398 e. The van der Waals surface area contributed by atoms with Crippen molar-refractivity contribution in [2.75, 3.05) is 11.1 Å². The Kier molecular flexibility index (Phi) is 2.97. The Bertz CT molecular complexity index is 582. The van der Waals surface area contributed by atoms with E-state index >= 15 is 0 Å². The third-order valence-electron chi connectivity index (χ3n) is 2.61. The summed E-state index contributed by atoms with van der Waals surface area (Å²) < 4.78 is 0. The van der Waals surface area contributed by atoms with Crippen molar-refractivity contribution >= 4 is 17.1 Å². The monoisotopic (exact) mass is 223 g/mol. The Morgan fingerprint density at radius 1 is 1.18 bits per heavy atom. The SMILES string of the molecule is Cc1ccc(Nc2ccccc2C#N)cc1N. The van der Waals surface area contributed by atoms with E-state index < -0.39 is 0 Å². The molecule has 3 heteroatoms. The Morgan fingerprint density at radius 2 is 1.94 bits per heavy atom. The molecule has 0 spiro atoms. The van der Waals surface area contributed by atoms with Gasteiger partial charge in [0.2, 0.25) is 0 Å². The van der Waals surface area contributed by atoms with E-state index in [0.717, 1.165) is 22.6 Å². The lowest BCUT2D eigenvalue weighted by molar-refractivity contribution is 1.44. The van der Waals surface area contributed by atoms with Crippen LogP contribution in [0.25, 0.3) is 0 Å². The third-order valence-corrected chi connectivity index (χ3v) is 2.61. The first-order chi connectivity index (χ1) is 8.20. The molecule has 0 saturated heterocycles. The molecule has 84 valence electrons. The molecule has 0 fully saturated rings. The van der Waals surface area contributed by atoms with Crippen molar-refractivity contribution in [1.29, 1.82) is 5.26 Å². The summed E-state index contributed by atoms with van der Waals surface area (Å²) in [6.07, 6.45) is 0. The van der Waals surface area contributed by atoms with Crippen LogP contribution in [0.2, 0.25) is 0 Å². The van der Waals surface area contributed by atoms with Crippen LogP contribution in [-0.2, 0) is 0 Å². The molecular formula is C14H13N3. The van der Waals surface area contributed by atoms with Crippen LogP contribution in [0, 0.1) is 18.3 Å². The van der Waals surface area contributed by atoms with Crippen molar-refractivity contribution in [3.63, 3.8) is 0 Å². The summed E-state index contributed by atoms with van der Waals surface area (Å²) >= 11 is 0. The van der Waals surface area contributed by atoms with Gasteiger partial charge in [0.15, 0.2) is 0 Å².